The Labute approximate surface area is 409 Å². The molecule has 0 aliphatic heterocycles. The molecule has 0 radical (unpaired) electrons. The zero-order valence-electron chi connectivity index (χ0n) is 37.3. The van der Waals surface area contributed by atoms with E-state index in [0.717, 1.165) is 42.7 Å². The van der Waals surface area contributed by atoms with E-state index in [9.17, 15) is 72.1 Å². The predicted octanol–water partition coefficient (Wildman–Crippen LogP) is 5.70. The van der Waals surface area contributed by atoms with Gasteiger partial charge < -0.3 is 20.8 Å². The van der Waals surface area contributed by atoms with Crippen molar-refractivity contribution >= 4 is 61.2 Å². The molecule has 29 heteroatoms. The van der Waals surface area contributed by atoms with Gasteiger partial charge in [-0.3, -0.25) is 23.5 Å². The van der Waals surface area contributed by atoms with Gasteiger partial charge in [-0.05, 0) is 74.4 Å². The third kappa shape index (κ3) is 11.0. The molecule has 0 bridgehead atoms. The summed E-state index contributed by atoms with van der Waals surface area (Å²) in [6.07, 6.45) is -10.5. The largest absolute Gasteiger partial charge is 0.435 e. The molecule has 0 spiro atoms. The number of carbonyl (C=O) groups excluding carboxylic acids is 2. The lowest BCUT2D eigenvalue weighted by Gasteiger charge is -2.23. The van der Waals surface area contributed by atoms with E-state index in [1.807, 2.05) is 0 Å². The maximum absolute atomic E-state index is 15.6. The third-order valence-electron chi connectivity index (χ3n) is 11.8. The number of hydrogen-bond donors (Lipinski definition) is 5. The van der Waals surface area contributed by atoms with E-state index < -0.39 is 175 Å². The van der Waals surface area contributed by atoms with Crippen molar-refractivity contribution in [1.29, 1.82) is 0 Å². The number of aliphatic hydroxyl groups is 2. The normalized spacial score (nSPS) is 17.2. The van der Waals surface area contributed by atoms with Crippen molar-refractivity contribution in [3.05, 3.63) is 93.0 Å². The first kappa shape index (κ1) is 53.9. The number of alkyl halides is 8. The molecular formula is C43H39ClF10N8O8S2. The molecule has 7 rings (SSSR count). The van der Waals surface area contributed by atoms with Gasteiger partial charge in [-0.25, -0.2) is 30.7 Å². The highest BCUT2D eigenvalue weighted by atomic mass is 35.5. The highest BCUT2D eigenvalue weighted by Gasteiger charge is 2.68. The van der Waals surface area contributed by atoms with Gasteiger partial charge in [0.2, 0.25) is 11.8 Å². The number of sulfone groups is 1. The molecule has 2 unspecified atom stereocenters. The summed E-state index contributed by atoms with van der Waals surface area (Å²) in [7, 11) is -3.91. The first-order valence-electron chi connectivity index (χ1n) is 21.0. The molecule has 2 aliphatic carbocycles. The average Bonchev–Trinajstić information content (AvgIpc) is 3.77. The lowest BCUT2D eigenvalue weighted by molar-refractivity contribution is -0.143. The topological polar surface area (TPSA) is 222 Å². The second-order valence-corrected chi connectivity index (χ2v) is 21.3. The summed E-state index contributed by atoms with van der Waals surface area (Å²) < 4.78 is 194. The number of anilines is 1. The van der Waals surface area contributed by atoms with Gasteiger partial charge in [0.05, 0.1) is 46.9 Å². The molecule has 2 amide bonds. The van der Waals surface area contributed by atoms with E-state index in [4.69, 9.17) is 11.6 Å². The van der Waals surface area contributed by atoms with Crippen LogP contribution in [0.4, 0.5) is 49.7 Å². The number of rotatable bonds is 16. The van der Waals surface area contributed by atoms with Crippen LogP contribution in [0, 0.1) is 29.4 Å². The van der Waals surface area contributed by atoms with E-state index in [1.54, 1.807) is 0 Å². The van der Waals surface area contributed by atoms with Gasteiger partial charge in [0.1, 0.15) is 47.4 Å². The fourth-order valence-corrected chi connectivity index (χ4v) is 9.17. The summed E-state index contributed by atoms with van der Waals surface area (Å²) in [5.74, 6) is -7.03. The van der Waals surface area contributed by atoms with Crippen LogP contribution in [0.5, 0.6) is 0 Å². The van der Waals surface area contributed by atoms with Gasteiger partial charge in [-0.15, -0.1) is 0 Å². The van der Waals surface area contributed by atoms with Gasteiger partial charge in [0, 0.05) is 34.9 Å². The number of aromatic nitrogens is 5. The number of fused-ring (bicyclic) bond motifs is 4. The van der Waals surface area contributed by atoms with Crippen LogP contribution in [0.25, 0.3) is 22.0 Å². The summed E-state index contributed by atoms with van der Waals surface area (Å²) in [6.45, 7) is -3.53. The Morgan fingerprint density at radius 3 is 2.19 bits per heavy atom. The van der Waals surface area contributed by atoms with Gasteiger partial charge in [-0.2, -0.15) is 45.3 Å². The second kappa shape index (κ2) is 19.5. The monoisotopic (exact) mass is 1080 g/mol. The van der Waals surface area contributed by atoms with E-state index in [0.29, 0.717) is 10.4 Å². The van der Waals surface area contributed by atoms with Crippen LogP contribution in [0.3, 0.4) is 0 Å². The molecule has 3 heterocycles. The average molecular weight is 1090 g/mol. The smallest absolute Gasteiger partial charge is 0.394 e. The van der Waals surface area contributed by atoms with E-state index in [2.05, 4.69) is 37.7 Å². The van der Waals surface area contributed by atoms with Gasteiger partial charge in [0.25, 0.3) is 17.2 Å². The molecule has 1 saturated carbocycles. The Morgan fingerprint density at radius 2 is 1.61 bits per heavy atom. The van der Waals surface area contributed by atoms with Crippen LogP contribution >= 0.6 is 11.6 Å². The highest BCUT2D eigenvalue weighted by Crippen LogP contribution is 2.68. The fraction of sp³-hybridized carbons (Fsp3) is 0.419. The SMILES string of the molecule is CC(C)(C#Cc1ccc(-c2ccc(Cl)c3c(N(CC(=O)NC(CO)CO)S(=O)O)nn(CC(F)(F)F)c23)c(C(Cc2cc(F)cc(F)c2)NC(=O)Cn2nc(C(F)(F)F)c3c2C(F)(F)[C@@H]2C[C@H]32)n1)S(C)(=O)=O. The standard InChI is InChI=1S/C43H39ClF10N8O8S2/c1-40(2,72(3,69)70)9-8-23-4-5-25(26-6-7-29(44)34-36(26)61(19-41(47,48)49)59-39(34)62(71(67)68)16-32(66)55-24(17-63)18-64)35(56-23)30(12-20-10-21(45)13-22(46)11-20)57-31(65)15-60-38-33(37(58-60)43(52,53)54)27-14-28(27)42(38,50)51/h4-7,10-11,13,24,27-28,30,63-64H,12,14-19H2,1-3H3,(H,55,66)(H,57,65)(H,67,68)/t27-,28+,30?/m0/s1. The summed E-state index contributed by atoms with van der Waals surface area (Å²) in [5.41, 5.74) is -5.83. The van der Waals surface area contributed by atoms with Crippen LogP contribution in [0.1, 0.15) is 66.1 Å². The minimum Gasteiger partial charge on any atom is -0.394 e. The lowest BCUT2D eigenvalue weighted by atomic mass is 9.93. The fourth-order valence-electron chi connectivity index (χ4n) is 8.19. The predicted molar refractivity (Wildman–Crippen MR) is 237 cm³/mol. The van der Waals surface area contributed by atoms with Crippen LogP contribution < -0.4 is 14.9 Å². The molecule has 72 heavy (non-hydrogen) atoms. The summed E-state index contributed by atoms with van der Waals surface area (Å²) in [5, 5.41) is 29.8. The van der Waals surface area contributed by atoms with Crippen molar-refractivity contribution < 1.29 is 80.9 Å². The number of halogens is 11. The van der Waals surface area contributed by atoms with E-state index in [1.165, 1.54) is 13.8 Å². The zero-order valence-corrected chi connectivity index (χ0v) is 39.7. The molecule has 388 valence electrons. The molecule has 2 aromatic carbocycles. The maximum Gasteiger partial charge on any atom is 0.435 e. The number of benzene rings is 2. The number of amides is 2. The molecule has 2 aliphatic rings. The summed E-state index contributed by atoms with van der Waals surface area (Å²) in [4.78, 5) is 31.6. The third-order valence-corrected chi connectivity index (χ3v) is 14.8. The van der Waals surface area contributed by atoms with Crippen molar-refractivity contribution in [2.24, 2.45) is 5.92 Å². The molecule has 3 aromatic heterocycles. The molecular weight excluding hydrogens is 1050 g/mol. The maximum atomic E-state index is 15.6. The Morgan fingerprint density at radius 1 is 0.972 bits per heavy atom. The quantitative estimate of drug-likeness (QED) is 0.0458. The van der Waals surface area contributed by atoms with Crippen LogP contribution in [-0.2, 0) is 62.3 Å². The van der Waals surface area contributed by atoms with E-state index in [-0.39, 0.29) is 38.2 Å². The first-order valence-corrected chi connectivity index (χ1v) is 24.4. The zero-order chi connectivity index (χ0) is 53.2. The minimum absolute atomic E-state index is 0.187. The molecule has 5 aromatic rings. The van der Waals surface area contributed by atoms with Crippen molar-refractivity contribution in [2.45, 2.75) is 80.8 Å². The Bertz CT molecular complexity index is 3170. The van der Waals surface area contributed by atoms with Crippen molar-refractivity contribution in [2.75, 3.05) is 30.3 Å². The van der Waals surface area contributed by atoms with Gasteiger partial charge >= 0.3 is 12.4 Å². The minimum atomic E-state index is -5.23. The number of carbonyl (C=O) groups is 2. The lowest BCUT2D eigenvalue weighted by Crippen LogP contribution is -2.45. The van der Waals surface area contributed by atoms with E-state index >= 15 is 8.78 Å². The van der Waals surface area contributed by atoms with Crippen LogP contribution in [0.2, 0.25) is 5.02 Å². The van der Waals surface area contributed by atoms with Crippen LogP contribution in [0.15, 0.2) is 42.5 Å². The van der Waals surface area contributed by atoms with Gasteiger partial charge in [0.15, 0.2) is 21.3 Å². The Hall–Kier alpha value is -5.86. The number of nitrogens with zero attached hydrogens (tertiary/aromatic N) is 6. The Kier molecular flexibility index (Phi) is 14.6. The molecule has 1 fully saturated rings. The molecule has 4 atom stereocenters. The molecule has 0 saturated heterocycles. The first-order chi connectivity index (χ1) is 33.3. The number of aliphatic hydroxyl groups excluding tert-OH is 2. The Balaban J connectivity index is 1.46. The molecule has 5 N–H and O–H groups in total. The number of hydrogen-bond acceptors (Lipinski definition) is 10. The van der Waals surface area contributed by atoms with Crippen LogP contribution in [-0.4, -0.2) is 107 Å². The number of pyridine rings is 1. The van der Waals surface area contributed by atoms with Crippen molar-refractivity contribution in [1.82, 2.24) is 35.2 Å². The van der Waals surface area contributed by atoms with Gasteiger partial charge in [-0.1, -0.05) is 23.6 Å². The second-order valence-electron chi connectivity index (χ2n) is 17.4. The summed E-state index contributed by atoms with van der Waals surface area (Å²) >= 11 is 3.33. The number of nitrogens with one attached hydrogen (secondary N) is 2. The highest BCUT2D eigenvalue weighted by molar-refractivity contribution is 7.92. The van der Waals surface area contributed by atoms with Crippen molar-refractivity contribution in [3.63, 3.8) is 0 Å². The molecule has 16 nitrogen and oxygen atoms in total. The van der Waals surface area contributed by atoms with Crippen molar-refractivity contribution in [3.8, 4) is 23.0 Å². The summed E-state index contributed by atoms with van der Waals surface area (Å²) in [6, 6.07) is 3.51.